The van der Waals surface area contributed by atoms with Crippen LogP contribution in [0.25, 0.3) is 10.2 Å². The van der Waals surface area contributed by atoms with Gasteiger partial charge < -0.3 is 5.32 Å². The monoisotopic (exact) mass is 305 g/mol. The summed E-state index contributed by atoms with van der Waals surface area (Å²) in [6.45, 7) is 6.33. The molecule has 0 bridgehead atoms. The van der Waals surface area contributed by atoms with Crippen LogP contribution in [0.4, 0.5) is 11.5 Å². The normalized spacial score (nSPS) is 10.3. The highest BCUT2D eigenvalue weighted by atomic mass is 35.5. The van der Waals surface area contributed by atoms with Crippen molar-refractivity contribution in [2.45, 2.75) is 20.8 Å². The zero-order chi connectivity index (χ0) is 13.4. The number of aromatic nitrogens is 2. The molecule has 0 amide bonds. The minimum absolute atomic E-state index is 0. The molecule has 104 valence electrons. The number of halogens is 1. The van der Waals surface area contributed by atoms with Gasteiger partial charge in [0.1, 0.15) is 17.0 Å². The van der Waals surface area contributed by atoms with Crippen LogP contribution in [-0.4, -0.2) is 9.97 Å². The van der Waals surface area contributed by atoms with Gasteiger partial charge in [-0.1, -0.05) is 12.1 Å². The zero-order valence-electron chi connectivity index (χ0n) is 11.6. The highest BCUT2D eigenvalue weighted by Gasteiger charge is 2.11. The number of rotatable bonds is 2. The van der Waals surface area contributed by atoms with Gasteiger partial charge in [-0.05, 0) is 44.0 Å². The van der Waals surface area contributed by atoms with Crippen molar-refractivity contribution in [2.24, 2.45) is 0 Å². The zero-order valence-corrected chi connectivity index (χ0v) is 13.2. The Morgan fingerprint density at radius 2 is 1.90 bits per heavy atom. The summed E-state index contributed by atoms with van der Waals surface area (Å²) in [5, 5.41) is 4.53. The van der Waals surface area contributed by atoms with Gasteiger partial charge in [0.25, 0.3) is 0 Å². The Kier molecular flexibility index (Phi) is 4.26. The molecule has 0 fully saturated rings. The molecule has 0 spiro atoms. The average molecular weight is 306 g/mol. The van der Waals surface area contributed by atoms with Gasteiger partial charge in [0.2, 0.25) is 0 Å². The lowest BCUT2D eigenvalue weighted by atomic mass is 10.2. The van der Waals surface area contributed by atoms with Gasteiger partial charge >= 0.3 is 0 Å². The maximum atomic E-state index is 4.39. The number of nitrogens with one attached hydrogen (secondary N) is 1. The van der Waals surface area contributed by atoms with Crippen molar-refractivity contribution in [3.63, 3.8) is 0 Å². The van der Waals surface area contributed by atoms with Gasteiger partial charge in [-0.2, -0.15) is 0 Å². The number of fused-ring (bicyclic) bond motifs is 1. The lowest BCUT2D eigenvalue weighted by molar-refractivity contribution is 1.22. The van der Waals surface area contributed by atoms with Crippen LogP contribution >= 0.6 is 23.7 Å². The Hall–Kier alpha value is -1.65. The molecule has 0 saturated heterocycles. The van der Waals surface area contributed by atoms with Crippen molar-refractivity contribution in [2.75, 3.05) is 5.32 Å². The maximum Gasteiger partial charge on any atom is 0.142 e. The number of nitrogens with zero attached hydrogens (tertiary/aromatic N) is 2. The predicted octanol–water partition coefficient (Wildman–Crippen LogP) is 4.78. The highest BCUT2D eigenvalue weighted by Crippen LogP contribution is 2.33. The molecule has 3 nitrogen and oxygen atoms in total. The lowest BCUT2D eigenvalue weighted by Crippen LogP contribution is -1.95. The summed E-state index contributed by atoms with van der Waals surface area (Å²) in [5.41, 5.74) is 3.55. The molecule has 3 rings (SSSR count). The van der Waals surface area contributed by atoms with E-state index in [-0.39, 0.29) is 12.4 Å². The molecule has 1 N–H and O–H groups in total. The quantitative estimate of drug-likeness (QED) is 0.740. The van der Waals surface area contributed by atoms with Crippen LogP contribution in [-0.2, 0) is 0 Å². The van der Waals surface area contributed by atoms with Crippen molar-refractivity contribution >= 4 is 45.5 Å². The van der Waals surface area contributed by atoms with Crippen LogP contribution in [0.1, 0.15) is 16.0 Å². The van der Waals surface area contributed by atoms with Crippen LogP contribution in [0.5, 0.6) is 0 Å². The largest absolute Gasteiger partial charge is 0.340 e. The van der Waals surface area contributed by atoms with E-state index < -0.39 is 0 Å². The van der Waals surface area contributed by atoms with E-state index in [0.717, 1.165) is 21.7 Å². The Balaban J connectivity index is 0.00000147. The second-order valence-electron chi connectivity index (χ2n) is 4.68. The van der Waals surface area contributed by atoms with Crippen LogP contribution in [0.3, 0.4) is 0 Å². The summed E-state index contributed by atoms with van der Waals surface area (Å²) < 4.78 is 0. The van der Waals surface area contributed by atoms with Crippen LogP contribution in [0.2, 0.25) is 0 Å². The molecule has 5 heteroatoms. The smallest absolute Gasteiger partial charge is 0.142 e. The number of aryl methyl sites for hydroxylation is 3. The van der Waals surface area contributed by atoms with Gasteiger partial charge in [0.15, 0.2) is 0 Å². The van der Waals surface area contributed by atoms with Crippen LogP contribution < -0.4 is 5.32 Å². The summed E-state index contributed by atoms with van der Waals surface area (Å²) in [6, 6.07) is 8.29. The van der Waals surface area contributed by atoms with Gasteiger partial charge in [0.05, 0.1) is 5.39 Å². The summed E-state index contributed by atoms with van der Waals surface area (Å²) in [7, 11) is 0. The Labute approximate surface area is 128 Å². The summed E-state index contributed by atoms with van der Waals surface area (Å²) >= 11 is 1.72. The second-order valence-corrected chi connectivity index (χ2v) is 5.88. The molecule has 20 heavy (non-hydrogen) atoms. The first kappa shape index (κ1) is 14.8. The third-order valence-corrected chi connectivity index (χ3v) is 4.36. The molecule has 0 aliphatic heterocycles. The van der Waals surface area contributed by atoms with E-state index in [1.807, 2.05) is 6.07 Å². The Bertz CT molecular complexity index is 752. The number of hydrogen-bond acceptors (Lipinski definition) is 4. The van der Waals surface area contributed by atoms with E-state index in [1.165, 1.54) is 16.0 Å². The fraction of sp³-hybridized carbons (Fsp3) is 0.200. The first-order chi connectivity index (χ1) is 9.15. The van der Waals surface area contributed by atoms with Crippen molar-refractivity contribution < 1.29 is 0 Å². The van der Waals surface area contributed by atoms with E-state index >= 15 is 0 Å². The van der Waals surface area contributed by atoms with E-state index in [2.05, 4.69) is 54.3 Å². The van der Waals surface area contributed by atoms with E-state index in [0.29, 0.717) is 0 Å². The molecule has 2 heterocycles. The van der Waals surface area contributed by atoms with Gasteiger partial charge in [-0.25, -0.2) is 9.97 Å². The van der Waals surface area contributed by atoms with Crippen molar-refractivity contribution in [3.05, 3.63) is 46.6 Å². The van der Waals surface area contributed by atoms with E-state index in [1.54, 1.807) is 17.7 Å². The first-order valence-electron chi connectivity index (χ1n) is 6.19. The molecule has 0 aliphatic carbocycles. The molecule has 0 atom stereocenters. The fourth-order valence-corrected chi connectivity index (χ4v) is 3.13. The van der Waals surface area contributed by atoms with E-state index in [4.69, 9.17) is 0 Å². The Morgan fingerprint density at radius 3 is 2.65 bits per heavy atom. The number of anilines is 2. The predicted molar refractivity (Wildman–Crippen MR) is 88.6 cm³/mol. The molecule has 1 aromatic carbocycles. The molecule has 2 aromatic heterocycles. The minimum atomic E-state index is 0. The van der Waals surface area contributed by atoms with Gasteiger partial charge in [-0.3, -0.25) is 0 Å². The maximum absolute atomic E-state index is 4.39. The van der Waals surface area contributed by atoms with Gasteiger partial charge in [-0.15, -0.1) is 23.7 Å². The topological polar surface area (TPSA) is 37.8 Å². The molecular formula is C15H16ClN3S. The molecule has 0 saturated carbocycles. The Morgan fingerprint density at radius 1 is 1.10 bits per heavy atom. The number of thiophene rings is 1. The van der Waals surface area contributed by atoms with Crippen molar-refractivity contribution in [3.8, 4) is 0 Å². The molecular weight excluding hydrogens is 290 g/mol. The van der Waals surface area contributed by atoms with E-state index in [9.17, 15) is 0 Å². The number of hydrogen-bond donors (Lipinski definition) is 1. The molecule has 0 aliphatic rings. The van der Waals surface area contributed by atoms with Crippen LogP contribution in [0, 0.1) is 20.8 Å². The minimum Gasteiger partial charge on any atom is -0.340 e. The SMILES string of the molecule is Cc1cccc(Nc2ncnc3sc(C)c(C)c23)c1.Cl. The molecule has 0 unspecified atom stereocenters. The lowest BCUT2D eigenvalue weighted by Gasteiger charge is -2.07. The third kappa shape index (κ3) is 2.62. The summed E-state index contributed by atoms with van der Waals surface area (Å²) in [6.07, 6.45) is 1.62. The first-order valence-corrected chi connectivity index (χ1v) is 7.01. The average Bonchev–Trinajstić information content (AvgIpc) is 2.66. The fourth-order valence-electron chi connectivity index (χ4n) is 2.14. The standard InChI is InChI=1S/C15H15N3S.ClH/c1-9-5-4-6-12(7-9)18-14-13-10(2)11(3)19-15(13)17-8-16-14;/h4-8H,1-3H3,(H,16,17,18);1H. The summed E-state index contributed by atoms with van der Waals surface area (Å²) in [5.74, 6) is 0.887. The second kappa shape index (κ2) is 5.77. The summed E-state index contributed by atoms with van der Waals surface area (Å²) in [4.78, 5) is 11.1. The molecule has 0 radical (unpaired) electrons. The van der Waals surface area contributed by atoms with Crippen molar-refractivity contribution in [1.29, 1.82) is 0 Å². The molecule has 3 aromatic rings. The van der Waals surface area contributed by atoms with Gasteiger partial charge in [0, 0.05) is 10.6 Å². The number of benzene rings is 1. The third-order valence-electron chi connectivity index (χ3n) is 3.25. The van der Waals surface area contributed by atoms with Crippen LogP contribution in [0.15, 0.2) is 30.6 Å². The highest BCUT2D eigenvalue weighted by molar-refractivity contribution is 7.18. The van der Waals surface area contributed by atoms with Crippen molar-refractivity contribution in [1.82, 2.24) is 9.97 Å².